The van der Waals surface area contributed by atoms with Crippen LogP contribution in [-0.4, -0.2) is 34.0 Å². The second kappa shape index (κ2) is 6.89. The SMILES string of the molecule is CCCC(=O)N1CCCC(c2nc(-c3ccc(F)cc3)no2)C1. The van der Waals surface area contributed by atoms with E-state index in [1.165, 1.54) is 12.1 Å². The highest BCUT2D eigenvalue weighted by atomic mass is 19.1. The molecule has 0 radical (unpaired) electrons. The van der Waals surface area contributed by atoms with Crippen molar-refractivity contribution in [1.82, 2.24) is 15.0 Å². The Balaban J connectivity index is 1.72. The zero-order chi connectivity index (χ0) is 16.2. The van der Waals surface area contributed by atoms with Gasteiger partial charge in [-0.05, 0) is 43.5 Å². The lowest BCUT2D eigenvalue weighted by Gasteiger charge is -2.31. The molecule has 23 heavy (non-hydrogen) atoms. The molecule has 3 rings (SSSR count). The van der Waals surface area contributed by atoms with Gasteiger partial charge in [0.25, 0.3) is 0 Å². The Hall–Kier alpha value is -2.24. The average molecular weight is 317 g/mol. The number of benzene rings is 1. The van der Waals surface area contributed by atoms with Gasteiger partial charge in [0, 0.05) is 25.1 Å². The van der Waals surface area contributed by atoms with Crippen LogP contribution in [-0.2, 0) is 4.79 Å². The van der Waals surface area contributed by atoms with E-state index in [1.807, 2.05) is 11.8 Å². The summed E-state index contributed by atoms with van der Waals surface area (Å²) in [6.45, 7) is 3.43. The molecule has 5 nitrogen and oxygen atoms in total. The van der Waals surface area contributed by atoms with Crippen LogP contribution in [0.3, 0.4) is 0 Å². The van der Waals surface area contributed by atoms with E-state index in [2.05, 4.69) is 10.1 Å². The van der Waals surface area contributed by atoms with E-state index in [9.17, 15) is 9.18 Å². The number of hydrogen-bond acceptors (Lipinski definition) is 4. The molecule has 0 N–H and O–H groups in total. The number of rotatable bonds is 4. The van der Waals surface area contributed by atoms with E-state index in [0.717, 1.165) is 31.4 Å². The van der Waals surface area contributed by atoms with Gasteiger partial charge < -0.3 is 9.42 Å². The number of halogens is 1. The van der Waals surface area contributed by atoms with Gasteiger partial charge in [0.2, 0.25) is 17.6 Å². The average Bonchev–Trinajstić information content (AvgIpc) is 3.06. The lowest BCUT2D eigenvalue weighted by atomic mass is 9.97. The Morgan fingerprint density at radius 1 is 1.39 bits per heavy atom. The highest BCUT2D eigenvalue weighted by molar-refractivity contribution is 5.76. The molecule has 2 aromatic rings. The number of likely N-dealkylation sites (tertiary alicyclic amines) is 1. The summed E-state index contributed by atoms with van der Waals surface area (Å²) in [6, 6.07) is 6.00. The minimum absolute atomic E-state index is 0.0752. The summed E-state index contributed by atoms with van der Waals surface area (Å²) in [5, 5.41) is 3.99. The number of carbonyl (C=O) groups excluding carboxylic acids is 1. The van der Waals surface area contributed by atoms with Crippen LogP contribution in [0.2, 0.25) is 0 Å². The summed E-state index contributed by atoms with van der Waals surface area (Å²) in [7, 11) is 0. The van der Waals surface area contributed by atoms with E-state index in [-0.39, 0.29) is 17.6 Å². The molecule has 1 aromatic heterocycles. The van der Waals surface area contributed by atoms with Gasteiger partial charge in [0.1, 0.15) is 5.82 Å². The largest absolute Gasteiger partial charge is 0.342 e. The molecule has 1 aliphatic rings. The number of hydrogen-bond donors (Lipinski definition) is 0. The molecule has 1 amide bonds. The van der Waals surface area contributed by atoms with Crippen molar-refractivity contribution < 1.29 is 13.7 Å². The van der Waals surface area contributed by atoms with Crippen LogP contribution < -0.4 is 0 Å². The number of amides is 1. The van der Waals surface area contributed by atoms with Crippen LogP contribution in [0.5, 0.6) is 0 Å². The van der Waals surface area contributed by atoms with Gasteiger partial charge in [-0.25, -0.2) is 4.39 Å². The first-order valence-electron chi connectivity index (χ1n) is 8.04. The van der Waals surface area contributed by atoms with E-state index < -0.39 is 0 Å². The Kier molecular flexibility index (Phi) is 4.69. The monoisotopic (exact) mass is 317 g/mol. The van der Waals surface area contributed by atoms with Crippen molar-refractivity contribution in [1.29, 1.82) is 0 Å². The summed E-state index contributed by atoms with van der Waals surface area (Å²) in [6.07, 6.45) is 3.31. The van der Waals surface area contributed by atoms with Gasteiger partial charge >= 0.3 is 0 Å². The standard InChI is InChI=1S/C17H20FN3O2/c1-2-4-15(22)21-10-3-5-13(11-21)17-19-16(20-23-17)12-6-8-14(18)9-7-12/h6-9,13H,2-5,10-11H2,1H3. The van der Waals surface area contributed by atoms with E-state index >= 15 is 0 Å². The van der Waals surface area contributed by atoms with Crippen molar-refractivity contribution in [2.45, 2.75) is 38.5 Å². The molecule has 0 spiro atoms. The molecule has 6 heteroatoms. The molecule has 2 heterocycles. The minimum atomic E-state index is -0.296. The zero-order valence-electron chi connectivity index (χ0n) is 13.2. The van der Waals surface area contributed by atoms with Crippen molar-refractivity contribution >= 4 is 5.91 Å². The highest BCUT2D eigenvalue weighted by Crippen LogP contribution is 2.28. The minimum Gasteiger partial charge on any atom is -0.342 e. The maximum atomic E-state index is 13.0. The van der Waals surface area contributed by atoms with E-state index in [4.69, 9.17) is 4.52 Å². The second-order valence-electron chi connectivity index (χ2n) is 5.89. The smallest absolute Gasteiger partial charge is 0.231 e. The number of carbonyl (C=O) groups is 1. The third-order valence-electron chi connectivity index (χ3n) is 4.13. The van der Waals surface area contributed by atoms with Crippen LogP contribution in [0, 0.1) is 5.82 Å². The van der Waals surface area contributed by atoms with E-state index in [0.29, 0.717) is 24.7 Å². The summed E-state index contributed by atoms with van der Waals surface area (Å²) in [5.74, 6) is 0.979. The molecule has 1 aromatic carbocycles. The molecule has 0 bridgehead atoms. The first kappa shape index (κ1) is 15.6. The van der Waals surface area contributed by atoms with Crippen LogP contribution in [0.25, 0.3) is 11.4 Å². The molecule has 1 aliphatic heterocycles. The molecular weight excluding hydrogens is 297 g/mol. The summed E-state index contributed by atoms with van der Waals surface area (Å²) >= 11 is 0. The Morgan fingerprint density at radius 2 is 2.17 bits per heavy atom. The molecule has 0 saturated carbocycles. The van der Waals surface area contributed by atoms with E-state index in [1.54, 1.807) is 12.1 Å². The second-order valence-corrected chi connectivity index (χ2v) is 5.89. The van der Waals surface area contributed by atoms with Crippen molar-refractivity contribution in [3.05, 3.63) is 36.0 Å². The first-order valence-corrected chi connectivity index (χ1v) is 8.04. The molecule has 1 unspecified atom stereocenters. The molecule has 1 fully saturated rings. The normalized spacial score (nSPS) is 18.2. The van der Waals surface area contributed by atoms with Crippen molar-refractivity contribution in [3.63, 3.8) is 0 Å². The quantitative estimate of drug-likeness (QED) is 0.867. The van der Waals surface area contributed by atoms with Crippen LogP contribution >= 0.6 is 0 Å². The predicted octanol–water partition coefficient (Wildman–Crippen LogP) is 3.38. The molecule has 122 valence electrons. The van der Waals surface area contributed by atoms with Crippen LogP contribution in [0.4, 0.5) is 4.39 Å². The molecule has 0 aliphatic carbocycles. The maximum absolute atomic E-state index is 13.0. The number of piperidine rings is 1. The predicted molar refractivity (Wildman–Crippen MR) is 83.2 cm³/mol. The summed E-state index contributed by atoms with van der Waals surface area (Å²) < 4.78 is 18.4. The maximum Gasteiger partial charge on any atom is 0.231 e. The lowest BCUT2D eigenvalue weighted by molar-refractivity contribution is -0.132. The Morgan fingerprint density at radius 3 is 2.91 bits per heavy atom. The fourth-order valence-electron chi connectivity index (χ4n) is 2.89. The van der Waals surface area contributed by atoms with Gasteiger partial charge in [-0.2, -0.15) is 4.98 Å². The highest BCUT2D eigenvalue weighted by Gasteiger charge is 2.28. The summed E-state index contributed by atoms with van der Waals surface area (Å²) in [4.78, 5) is 18.4. The third-order valence-corrected chi connectivity index (χ3v) is 4.13. The fourth-order valence-corrected chi connectivity index (χ4v) is 2.89. The van der Waals surface area contributed by atoms with Gasteiger partial charge in [-0.15, -0.1) is 0 Å². The first-order chi connectivity index (χ1) is 11.2. The van der Waals surface area contributed by atoms with Gasteiger partial charge in [-0.3, -0.25) is 4.79 Å². The van der Waals surface area contributed by atoms with Gasteiger partial charge in [0.15, 0.2) is 0 Å². The van der Waals surface area contributed by atoms with Crippen molar-refractivity contribution in [2.24, 2.45) is 0 Å². The topological polar surface area (TPSA) is 59.2 Å². The Bertz CT molecular complexity index is 669. The lowest BCUT2D eigenvalue weighted by Crippen LogP contribution is -2.39. The third kappa shape index (κ3) is 3.57. The molecule has 1 atom stereocenters. The molecule has 1 saturated heterocycles. The van der Waals surface area contributed by atoms with Gasteiger partial charge in [0.05, 0.1) is 5.92 Å². The number of aromatic nitrogens is 2. The Labute approximate surface area is 134 Å². The van der Waals surface area contributed by atoms with Crippen molar-refractivity contribution in [2.75, 3.05) is 13.1 Å². The molecular formula is C17H20FN3O2. The van der Waals surface area contributed by atoms with Gasteiger partial charge in [-0.1, -0.05) is 12.1 Å². The van der Waals surface area contributed by atoms with Crippen molar-refractivity contribution in [3.8, 4) is 11.4 Å². The fraction of sp³-hybridized carbons (Fsp3) is 0.471. The van der Waals surface area contributed by atoms with Crippen LogP contribution in [0.1, 0.15) is 44.4 Å². The zero-order valence-corrected chi connectivity index (χ0v) is 13.2. The van der Waals surface area contributed by atoms with Crippen LogP contribution in [0.15, 0.2) is 28.8 Å². The number of nitrogens with zero attached hydrogens (tertiary/aromatic N) is 3. The summed E-state index contributed by atoms with van der Waals surface area (Å²) in [5.41, 5.74) is 0.719.